The fourth-order valence-electron chi connectivity index (χ4n) is 1.45. The number of hydrogen-bond donors (Lipinski definition) is 2. The summed E-state index contributed by atoms with van der Waals surface area (Å²) >= 11 is 0. The molecule has 4 heteroatoms. The summed E-state index contributed by atoms with van der Waals surface area (Å²) in [6.45, 7) is 0.913. The van der Waals surface area contributed by atoms with Gasteiger partial charge in [-0.1, -0.05) is 0 Å². The second-order valence-electron chi connectivity index (χ2n) is 4.17. The minimum atomic E-state index is 0.119. The smallest absolute Gasteiger partial charge is 0.163 e. The number of nitrogen functional groups attached to an aromatic ring is 2. The normalized spacial score (nSPS) is 10.7. The number of carbonyl (C=O) groups is 1. The third kappa shape index (κ3) is 3.55. The van der Waals surface area contributed by atoms with E-state index >= 15 is 0 Å². The lowest BCUT2D eigenvalue weighted by Gasteiger charge is -2.08. The van der Waals surface area contributed by atoms with Gasteiger partial charge in [-0.3, -0.25) is 4.79 Å². The van der Waals surface area contributed by atoms with Gasteiger partial charge in [-0.2, -0.15) is 0 Å². The van der Waals surface area contributed by atoms with Crippen molar-refractivity contribution in [2.24, 2.45) is 0 Å². The Labute approximate surface area is 96.2 Å². The molecule has 1 rings (SSSR count). The number of benzene rings is 1. The van der Waals surface area contributed by atoms with Crippen molar-refractivity contribution in [1.82, 2.24) is 4.90 Å². The van der Waals surface area contributed by atoms with Crippen molar-refractivity contribution in [3.63, 3.8) is 0 Å². The molecule has 0 spiro atoms. The molecule has 0 fully saturated rings. The van der Waals surface area contributed by atoms with Gasteiger partial charge in [0.25, 0.3) is 0 Å². The number of rotatable bonds is 5. The summed E-state index contributed by atoms with van der Waals surface area (Å²) in [5.41, 5.74) is 12.9. The van der Waals surface area contributed by atoms with Crippen molar-refractivity contribution in [2.45, 2.75) is 12.8 Å². The van der Waals surface area contributed by atoms with Crippen LogP contribution in [0.4, 0.5) is 11.4 Å². The molecule has 0 aliphatic carbocycles. The molecule has 0 aromatic heterocycles. The van der Waals surface area contributed by atoms with E-state index in [0.29, 0.717) is 23.4 Å². The summed E-state index contributed by atoms with van der Waals surface area (Å²) < 4.78 is 0. The highest BCUT2D eigenvalue weighted by atomic mass is 16.1. The van der Waals surface area contributed by atoms with Gasteiger partial charge in [-0.05, 0) is 45.3 Å². The Morgan fingerprint density at radius 1 is 1.25 bits per heavy atom. The molecule has 0 unspecified atom stereocenters. The van der Waals surface area contributed by atoms with E-state index in [1.165, 1.54) is 0 Å². The second kappa shape index (κ2) is 5.51. The third-order valence-electron chi connectivity index (χ3n) is 2.42. The van der Waals surface area contributed by atoms with Gasteiger partial charge < -0.3 is 16.4 Å². The van der Waals surface area contributed by atoms with Gasteiger partial charge >= 0.3 is 0 Å². The Morgan fingerprint density at radius 3 is 2.50 bits per heavy atom. The largest absolute Gasteiger partial charge is 0.397 e. The van der Waals surface area contributed by atoms with Crippen LogP contribution in [0.15, 0.2) is 18.2 Å². The molecule has 0 radical (unpaired) electrons. The van der Waals surface area contributed by atoms with Crippen LogP contribution in [-0.4, -0.2) is 31.3 Å². The molecule has 0 saturated carbocycles. The Balaban J connectivity index is 2.56. The maximum Gasteiger partial charge on any atom is 0.163 e. The van der Waals surface area contributed by atoms with Gasteiger partial charge in [0.2, 0.25) is 0 Å². The highest BCUT2D eigenvalue weighted by Crippen LogP contribution is 2.17. The van der Waals surface area contributed by atoms with Crippen molar-refractivity contribution in [3.05, 3.63) is 23.8 Å². The minimum Gasteiger partial charge on any atom is -0.397 e. The van der Waals surface area contributed by atoms with E-state index in [2.05, 4.69) is 4.90 Å². The van der Waals surface area contributed by atoms with Gasteiger partial charge in [0.15, 0.2) is 5.78 Å². The zero-order chi connectivity index (χ0) is 12.1. The van der Waals surface area contributed by atoms with E-state index < -0.39 is 0 Å². The predicted molar refractivity (Wildman–Crippen MR) is 67.4 cm³/mol. The Bertz CT molecular complexity index is 375. The summed E-state index contributed by atoms with van der Waals surface area (Å²) in [6.07, 6.45) is 1.40. The molecule has 16 heavy (non-hydrogen) atoms. The number of hydrogen-bond acceptors (Lipinski definition) is 4. The number of ketones is 1. The number of nitrogens with two attached hydrogens (primary N) is 2. The van der Waals surface area contributed by atoms with Crippen LogP contribution in [-0.2, 0) is 0 Å². The van der Waals surface area contributed by atoms with Crippen molar-refractivity contribution in [2.75, 3.05) is 32.1 Å². The first-order valence-electron chi connectivity index (χ1n) is 5.33. The Hall–Kier alpha value is -1.55. The fraction of sp³-hybridized carbons (Fsp3) is 0.417. The van der Waals surface area contributed by atoms with Crippen LogP contribution in [0.1, 0.15) is 23.2 Å². The van der Waals surface area contributed by atoms with Crippen LogP contribution in [0, 0.1) is 0 Å². The van der Waals surface area contributed by atoms with Gasteiger partial charge in [0.1, 0.15) is 0 Å². The number of nitrogens with zero attached hydrogens (tertiary/aromatic N) is 1. The first kappa shape index (κ1) is 12.5. The van der Waals surface area contributed by atoms with Crippen LogP contribution in [0.5, 0.6) is 0 Å². The zero-order valence-electron chi connectivity index (χ0n) is 9.86. The molecular weight excluding hydrogens is 202 g/mol. The average Bonchev–Trinajstić information content (AvgIpc) is 2.21. The maximum atomic E-state index is 11.8. The van der Waals surface area contributed by atoms with Crippen LogP contribution >= 0.6 is 0 Å². The molecule has 0 bridgehead atoms. The van der Waals surface area contributed by atoms with Crippen molar-refractivity contribution in [1.29, 1.82) is 0 Å². The van der Waals surface area contributed by atoms with Crippen LogP contribution in [0.2, 0.25) is 0 Å². The van der Waals surface area contributed by atoms with Gasteiger partial charge in [0, 0.05) is 12.0 Å². The number of anilines is 2. The summed E-state index contributed by atoms with van der Waals surface area (Å²) in [5.74, 6) is 0.119. The van der Waals surface area contributed by atoms with Crippen LogP contribution < -0.4 is 11.5 Å². The molecule has 0 amide bonds. The fourth-order valence-corrected chi connectivity index (χ4v) is 1.45. The zero-order valence-corrected chi connectivity index (χ0v) is 9.86. The standard InChI is InChI=1S/C12H19N3O/c1-15(2)7-3-4-12(16)9-5-6-10(13)11(14)8-9/h5-6,8H,3-4,7,13-14H2,1-2H3. The molecule has 1 aromatic rings. The molecule has 88 valence electrons. The minimum absolute atomic E-state index is 0.119. The number of Topliss-reactive ketones (excluding diaryl/α,β-unsaturated/α-hetero) is 1. The lowest BCUT2D eigenvalue weighted by molar-refractivity contribution is 0.0977. The lowest BCUT2D eigenvalue weighted by Crippen LogP contribution is -2.14. The molecule has 4 nitrogen and oxygen atoms in total. The average molecular weight is 221 g/mol. The van der Waals surface area contributed by atoms with E-state index in [4.69, 9.17) is 11.5 Å². The van der Waals surface area contributed by atoms with Gasteiger partial charge in [-0.25, -0.2) is 0 Å². The summed E-state index contributed by atoms with van der Waals surface area (Å²) in [4.78, 5) is 13.8. The van der Waals surface area contributed by atoms with Crippen molar-refractivity contribution in [3.8, 4) is 0 Å². The Morgan fingerprint density at radius 2 is 1.94 bits per heavy atom. The quantitative estimate of drug-likeness (QED) is 0.582. The molecular formula is C12H19N3O. The van der Waals surface area contributed by atoms with Crippen LogP contribution in [0.25, 0.3) is 0 Å². The molecule has 1 aromatic carbocycles. The SMILES string of the molecule is CN(C)CCCC(=O)c1ccc(N)c(N)c1. The monoisotopic (exact) mass is 221 g/mol. The van der Waals surface area contributed by atoms with E-state index in [0.717, 1.165) is 13.0 Å². The predicted octanol–water partition coefficient (Wildman–Crippen LogP) is 1.38. The molecule has 0 saturated heterocycles. The summed E-state index contributed by atoms with van der Waals surface area (Å²) in [5, 5.41) is 0. The van der Waals surface area contributed by atoms with Crippen molar-refractivity contribution < 1.29 is 4.79 Å². The van der Waals surface area contributed by atoms with Crippen LogP contribution in [0.3, 0.4) is 0 Å². The topological polar surface area (TPSA) is 72.3 Å². The lowest BCUT2D eigenvalue weighted by atomic mass is 10.1. The molecule has 4 N–H and O–H groups in total. The molecule has 0 aliphatic rings. The molecule has 0 atom stereocenters. The van der Waals surface area contributed by atoms with E-state index in [1.807, 2.05) is 14.1 Å². The first-order valence-corrected chi connectivity index (χ1v) is 5.33. The van der Waals surface area contributed by atoms with E-state index in [9.17, 15) is 4.79 Å². The van der Waals surface area contributed by atoms with Crippen molar-refractivity contribution >= 4 is 17.2 Å². The first-order chi connectivity index (χ1) is 7.50. The van der Waals surface area contributed by atoms with Gasteiger partial charge in [-0.15, -0.1) is 0 Å². The number of carbonyl (C=O) groups excluding carboxylic acids is 1. The second-order valence-corrected chi connectivity index (χ2v) is 4.17. The summed E-state index contributed by atoms with van der Waals surface area (Å²) in [6, 6.07) is 5.05. The van der Waals surface area contributed by atoms with E-state index in [-0.39, 0.29) is 5.78 Å². The highest BCUT2D eigenvalue weighted by Gasteiger charge is 2.07. The molecule has 0 aliphatic heterocycles. The van der Waals surface area contributed by atoms with E-state index in [1.54, 1.807) is 18.2 Å². The maximum absolute atomic E-state index is 11.8. The third-order valence-corrected chi connectivity index (χ3v) is 2.42. The Kier molecular flexibility index (Phi) is 4.31. The highest BCUT2D eigenvalue weighted by molar-refractivity contribution is 5.97. The summed E-state index contributed by atoms with van der Waals surface area (Å²) in [7, 11) is 3.98. The molecule has 0 heterocycles. The van der Waals surface area contributed by atoms with Gasteiger partial charge in [0.05, 0.1) is 11.4 Å².